The maximum Gasteiger partial charge on any atom is 0.272 e. The second-order valence-corrected chi connectivity index (χ2v) is 6.74. The third-order valence-electron chi connectivity index (χ3n) is 4.82. The van der Waals surface area contributed by atoms with E-state index in [4.69, 9.17) is 11.6 Å². The Hall–Kier alpha value is -1.65. The molecule has 0 radical (unpaired) electrons. The van der Waals surface area contributed by atoms with E-state index >= 15 is 0 Å². The number of halogens is 1. The van der Waals surface area contributed by atoms with Crippen LogP contribution < -0.4 is 0 Å². The van der Waals surface area contributed by atoms with Crippen LogP contribution in [0, 0.1) is 5.92 Å². The normalized spacial score (nSPS) is 21.3. The molecule has 5 heteroatoms. The summed E-state index contributed by atoms with van der Waals surface area (Å²) in [7, 11) is 1.84. The number of pyridine rings is 1. The number of aromatic nitrogens is 1. The molecule has 1 aliphatic carbocycles. The van der Waals surface area contributed by atoms with Gasteiger partial charge in [-0.1, -0.05) is 23.7 Å². The number of hydrogen-bond acceptors (Lipinski definition) is 3. The summed E-state index contributed by atoms with van der Waals surface area (Å²) in [5, 5.41) is 10.8. The van der Waals surface area contributed by atoms with E-state index < -0.39 is 0 Å². The molecule has 4 nitrogen and oxygen atoms in total. The van der Waals surface area contributed by atoms with Crippen molar-refractivity contribution >= 4 is 28.4 Å². The lowest BCUT2D eigenvalue weighted by Gasteiger charge is -2.34. The standard InChI is InChI=1S/C18H21ClN2O2/c1-21(15-7-2-12(11-22)3-8-15)18(23)16-9-5-13-4-6-14(19)10-17(13)20-16/h4-6,9-10,12,15,22H,2-3,7-8,11H2,1H3. The number of aliphatic hydroxyl groups excluding tert-OH is 1. The summed E-state index contributed by atoms with van der Waals surface area (Å²) in [6, 6.07) is 9.40. The second kappa shape index (κ2) is 6.85. The Morgan fingerprint density at radius 3 is 2.65 bits per heavy atom. The van der Waals surface area contributed by atoms with E-state index in [-0.39, 0.29) is 18.6 Å². The van der Waals surface area contributed by atoms with Crippen LogP contribution in [0.25, 0.3) is 10.9 Å². The van der Waals surface area contributed by atoms with Crippen LogP contribution in [-0.2, 0) is 0 Å². The Morgan fingerprint density at radius 1 is 1.26 bits per heavy atom. The van der Waals surface area contributed by atoms with Gasteiger partial charge in [0.25, 0.3) is 5.91 Å². The van der Waals surface area contributed by atoms with Crippen LogP contribution in [0.2, 0.25) is 5.02 Å². The van der Waals surface area contributed by atoms with Gasteiger partial charge in [0.15, 0.2) is 0 Å². The summed E-state index contributed by atoms with van der Waals surface area (Å²) in [5.74, 6) is 0.329. The van der Waals surface area contributed by atoms with E-state index in [0.29, 0.717) is 16.6 Å². The topological polar surface area (TPSA) is 53.4 Å². The van der Waals surface area contributed by atoms with Gasteiger partial charge in [-0.05, 0) is 49.8 Å². The number of fused-ring (bicyclic) bond motifs is 1. The van der Waals surface area contributed by atoms with E-state index in [1.165, 1.54) is 0 Å². The molecule has 0 unspecified atom stereocenters. The Morgan fingerprint density at radius 2 is 1.96 bits per heavy atom. The molecule has 0 spiro atoms. The zero-order valence-corrected chi connectivity index (χ0v) is 14.0. The zero-order chi connectivity index (χ0) is 16.4. The Kier molecular flexibility index (Phi) is 4.83. The fourth-order valence-corrected chi connectivity index (χ4v) is 3.44. The minimum absolute atomic E-state index is 0.0562. The first kappa shape index (κ1) is 16.2. The van der Waals surface area contributed by atoms with Crippen molar-refractivity contribution in [1.29, 1.82) is 0 Å². The first-order valence-electron chi connectivity index (χ1n) is 8.03. The first-order valence-corrected chi connectivity index (χ1v) is 8.40. The molecule has 0 saturated heterocycles. The van der Waals surface area contributed by atoms with E-state index in [0.717, 1.165) is 36.6 Å². The molecule has 0 bridgehead atoms. The van der Waals surface area contributed by atoms with Crippen LogP contribution >= 0.6 is 11.6 Å². The van der Waals surface area contributed by atoms with Crippen molar-refractivity contribution in [2.45, 2.75) is 31.7 Å². The molecular formula is C18H21ClN2O2. The smallest absolute Gasteiger partial charge is 0.272 e. The summed E-state index contributed by atoms with van der Waals surface area (Å²) in [6.45, 7) is 0.247. The third-order valence-corrected chi connectivity index (χ3v) is 5.05. The van der Waals surface area contributed by atoms with Crippen LogP contribution in [0.1, 0.15) is 36.2 Å². The van der Waals surface area contributed by atoms with Crippen molar-refractivity contribution in [3.63, 3.8) is 0 Å². The highest BCUT2D eigenvalue weighted by Crippen LogP contribution is 2.27. The molecule has 0 atom stereocenters. The Bertz CT molecular complexity index is 711. The van der Waals surface area contributed by atoms with Crippen LogP contribution in [0.15, 0.2) is 30.3 Å². The number of rotatable bonds is 3. The summed E-state index contributed by atoms with van der Waals surface area (Å²) < 4.78 is 0. The molecule has 0 aliphatic heterocycles. The highest BCUT2D eigenvalue weighted by Gasteiger charge is 2.27. The Balaban J connectivity index is 1.77. The van der Waals surface area contributed by atoms with Crippen molar-refractivity contribution < 1.29 is 9.90 Å². The van der Waals surface area contributed by atoms with E-state index in [1.54, 1.807) is 17.0 Å². The molecule has 23 heavy (non-hydrogen) atoms. The van der Waals surface area contributed by atoms with Crippen molar-refractivity contribution in [3.8, 4) is 0 Å². The molecule has 1 N–H and O–H groups in total. The summed E-state index contributed by atoms with van der Waals surface area (Å²) in [6.07, 6.45) is 3.82. The molecule has 2 aromatic rings. The molecule has 1 aromatic heterocycles. The quantitative estimate of drug-likeness (QED) is 0.935. The minimum Gasteiger partial charge on any atom is -0.396 e. The number of amides is 1. The van der Waals surface area contributed by atoms with Gasteiger partial charge in [0.1, 0.15) is 5.69 Å². The van der Waals surface area contributed by atoms with Gasteiger partial charge < -0.3 is 10.0 Å². The fourth-order valence-electron chi connectivity index (χ4n) is 3.27. The van der Waals surface area contributed by atoms with Crippen molar-refractivity contribution in [3.05, 3.63) is 41.0 Å². The zero-order valence-electron chi connectivity index (χ0n) is 13.2. The average Bonchev–Trinajstić information content (AvgIpc) is 2.59. The monoisotopic (exact) mass is 332 g/mol. The maximum atomic E-state index is 12.7. The predicted octanol–water partition coefficient (Wildman–Crippen LogP) is 3.51. The third kappa shape index (κ3) is 3.48. The van der Waals surface area contributed by atoms with Crippen LogP contribution in [0.3, 0.4) is 0 Å². The molecule has 1 saturated carbocycles. The van der Waals surface area contributed by atoms with Gasteiger partial charge in [0, 0.05) is 30.1 Å². The molecule has 1 heterocycles. The number of carbonyl (C=O) groups is 1. The number of hydrogen-bond donors (Lipinski definition) is 1. The van der Waals surface area contributed by atoms with E-state index in [2.05, 4.69) is 4.98 Å². The summed E-state index contributed by atoms with van der Waals surface area (Å²) in [4.78, 5) is 19.0. The second-order valence-electron chi connectivity index (χ2n) is 6.31. The largest absolute Gasteiger partial charge is 0.396 e. The Labute approximate surface area is 141 Å². The van der Waals surface area contributed by atoms with Crippen LogP contribution in [0.4, 0.5) is 0 Å². The summed E-state index contributed by atoms with van der Waals surface area (Å²) >= 11 is 6.01. The van der Waals surface area contributed by atoms with E-state index in [1.807, 2.05) is 25.2 Å². The highest BCUT2D eigenvalue weighted by atomic mass is 35.5. The lowest BCUT2D eigenvalue weighted by molar-refractivity contribution is 0.0647. The van der Waals surface area contributed by atoms with Crippen LogP contribution in [-0.4, -0.2) is 40.6 Å². The van der Waals surface area contributed by atoms with Crippen molar-refractivity contribution in [2.75, 3.05) is 13.7 Å². The number of nitrogens with zero attached hydrogens (tertiary/aromatic N) is 2. The van der Waals surface area contributed by atoms with Crippen LogP contribution in [0.5, 0.6) is 0 Å². The van der Waals surface area contributed by atoms with Crippen molar-refractivity contribution in [1.82, 2.24) is 9.88 Å². The maximum absolute atomic E-state index is 12.7. The minimum atomic E-state index is -0.0562. The van der Waals surface area contributed by atoms with Gasteiger partial charge in [-0.25, -0.2) is 4.98 Å². The average molecular weight is 333 g/mol. The predicted molar refractivity (Wildman–Crippen MR) is 91.7 cm³/mol. The van der Waals surface area contributed by atoms with Gasteiger partial charge in [0.05, 0.1) is 5.52 Å². The molecule has 3 rings (SSSR count). The summed E-state index contributed by atoms with van der Waals surface area (Å²) in [5.41, 5.74) is 1.19. The number of benzene rings is 1. The molecule has 122 valence electrons. The van der Waals surface area contributed by atoms with Gasteiger partial charge in [-0.2, -0.15) is 0 Å². The lowest BCUT2D eigenvalue weighted by Crippen LogP contribution is -2.40. The lowest BCUT2D eigenvalue weighted by atomic mass is 9.86. The van der Waals surface area contributed by atoms with Gasteiger partial charge in [-0.3, -0.25) is 4.79 Å². The van der Waals surface area contributed by atoms with Gasteiger partial charge in [0.2, 0.25) is 0 Å². The number of carbonyl (C=O) groups excluding carboxylic acids is 1. The molecule has 1 aromatic carbocycles. The number of aliphatic hydroxyl groups is 1. The fraction of sp³-hybridized carbons (Fsp3) is 0.444. The highest BCUT2D eigenvalue weighted by molar-refractivity contribution is 6.31. The molecule has 1 fully saturated rings. The van der Waals surface area contributed by atoms with Gasteiger partial charge >= 0.3 is 0 Å². The molecular weight excluding hydrogens is 312 g/mol. The van der Waals surface area contributed by atoms with E-state index in [9.17, 15) is 9.90 Å². The SMILES string of the molecule is CN(C(=O)c1ccc2ccc(Cl)cc2n1)C1CCC(CO)CC1. The van der Waals surface area contributed by atoms with Crippen molar-refractivity contribution in [2.24, 2.45) is 5.92 Å². The molecule has 1 amide bonds. The van der Waals surface area contributed by atoms with Gasteiger partial charge in [-0.15, -0.1) is 0 Å². The first-order chi connectivity index (χ1) is 11.1. The molecule has 1 aliphatic rings.